The highest BCUT2D eigenvalue weighted by Gasteiger charge is 2.52. The van der Waals surface area contributed by atoms with Gasteiger partial charge in [-0.3, -0.25) is 14.5 Å². The number of carbonyl (C=O) groups is 3. The highest BCUT2D eigenvalue weighted by Crippen LogP contribution is 2.36. The van der Waals surface area contributed by atoms with Gasteiger partial charge in [-0.25, -0.2) is 9.18 Å². The Hall–Kier alpha value is -1.96. The van der Waals surface area contributed by atoms with E-state index in [0.717, 1.165) is 17.7 Å². The molecule has 4 amide bonds. The summed E-state index contributed by atoms with van der Waals surface area (Å²) in [7, 11) is 1.53. The van der Waals surface area contributed by atoms with Crippen LogP contribution in [-0.2, 0) is 16.1 Å². The van der Waals surface area contributed by atoms with Gasteiger partial charge >= 0.3 is 6.03 Å². The second-order valence-corrected chi connectivity index (χ2v) is 8.49. The minimum atomic E-state index is -0.862. The van der Waals surface area contributed by atoms with Crippen LogP contribution in [0.15, 0.2) is 22.7 Å². The van der Waals surface area contributed by atoms with E-state index in [1.165, 1.54) is 18.0 Å². The van der Waals surface area contributed by atoms with E-state index in [0.29, 0.717) is 28.8 Å². The highest BCUT2D eigenvalue weighted by atomic mass is 79.9. The Kier molecular flexibility index (Phi) is 5.55. The number of nitrogens with one attached hydrogen (secondary N) is 1. The van der Waals surface area contributed by atoms with E-state index in [4.69, 9.17) is 0 Å². The first-order valence-corrected chi connectivity index (χ1v) is 9.83. The van der Waals surface area contributed by atoms with Gasteiger partial charge in [-0.1, -0.05) is 22.9 Å². The fourth-order valence-corrected chi connectivity index (χ4v) is 4.09. The van der Waals surface area contributed by atoms with E-state index in [2.05, 4.69) is 28.2 Å². The second-order valence-electron chi connectivity index (χ2n) is 7.57. The molecular weight excluding hydrogens is 417 g/mol. The van der Waals surface area contributed by atoms with Crippen molar-refractivity contribution in [3.05, 3.63) is 34.1 Å². The number of nitrogens with zero attached hydrogens (tertiary/aromatic N) is 2. The lowest BCUT2D eigenvalue weighted by atomic mass is 9.77. The van der Waals surface area contributed by atoms with E-state index < -0.39 is 23.3 Å². The van der Waals surface area contributed by atoms with Crippen LogP contribution in [0.25, 0.3) is 0 Å². The second kappa shape index (κ2) is 7.58. The Morgan fingerprint density at radius 2 is 2.04 bits per heavy atom. The van der Waals surface area contributed by atoms with Crippen molar-refractivity contribution in [1.82, 2.24) is 15.1 Å². The van der Waals surface area contributed by atoms with Gasteiger partial charge in [0.25, 0.3) is 5.91 Å². The van der Waals surface area contributed by atoms with Crippen molar-refractivity contribution in [3.63, 3.8) is 0 Å². The Balaban J connectivity index is 1.65. The summed E-state index contributed by atoms with van der Waals surface area (Å²) >= 11 is 3.28. The predicted molar refractivity (Wildman–Crippen MR) is 101 cm³/mol. The number of imide groups is 1. The first-order valence-electron chi connectivity index (χ1n) is 9.04. The summed E-state index contributed by atoms with van der Waals surface area (Å²) in [6.45, 7) is 1.84. The third kappa shape index (κ3) is 4.00. The van der Waals surface area contributed by atoms with Gasteiger partial charge in [0.15, 0.2) is 0 Å². The molecule has 0 unspecified atom stereocenters. The molecule has 0 atom stereocenters. The van der Waals surface area contributed by atoms with Gasteiger partial charge in [0, 0.05) is 23.6 Å². The van der Waals surface area contributed by atoms with E-state index in [1.807, 2.05) is 0 Å². The number of rotatable bonds is 4. The maximum absolute atomic E-state index is 13.9. The van der Waals surface area contributed by atoms with Gasteiger partial charge in [-0.2, -0.15) is 0 Å². The molecule has 1 spiro atoms. The zero-order valence-electron chi connectivity index (χ0n) is 15.4. The standard InChI is InChI=1S/C19H23BrFN3O3/c1-12-5-7-19(8-6-12)17(26)24(18(27)22-19)11-16(25)23(2)10-13-9-14(20)3-4-15(13)21/h3-4,9,12H,5-8,10-11H2,1-2H3,(H,22,27). The van der Waals surface area contributed by atoms with Crippen LogP contribution in [0.1, 0.15) is 38.2 Å². The Labute approximate surface area is 166 Å². The number of urea groups is 1. The van der Waals surface area contributed by atoms with Crippen LogP contribution in [0.4, 0.5) is 9.18 Å². The lowest BCUT2D eigenvalue weighted by molar-refractivity contribution is -0.139. The summed E-state index contributed by atoms with van der Waals surface area (Å²) in [5.74, 6) is -0.626. The number of halogens is 2. The van der Waals surface area contributed by atoms with Gasteiger partial charge < -0.3 is 10.2 Å². The molecule has 0 aromatic heterocycles. The first-order chi connectivity index (χ1) is 12.7. The molecule has 1 aromatic carbocycles. The SMILES string of the molecule is CC1CCC2(CC1)NC(=O)N(CC(=O)N(C)Cc1cc(Br)ccc1F)C2=O. The molecule has 1 saturated carbocycles. The van der Waals surface area contributed by atoms with E-state index in [9.17, 15) is 18.8 Å². The van der Waals surface area contributed by atoms with Crippen molar-refractivity contribution < 1.29 is 18.8 Å². The number of likely N-dealkylation sites (N-methyl/N-ethyl adjacent to an activating group) is 1. The molecule has 1 aliphatic carbocycles. The molecule has 1 N–H and O–H groups in total. The molecule has 0 bridgehead atoms. The lowest BCUT2D eigenvalue weighted by Gasteiger charge is -2.33. The van der Waals surface area contributed by atoms with Crippen molar-refractivity contribution in [1.29, 1.82) is 0 Å². The predicted octanol–water partition coefficient (Wildman–Crippen LogP) is 3.05. The number of carbonyl (C=O) groups excluding carboxylic acids is 3. The summed E-state index contributed by atoms with van der Waals surface area (Å²) in [4.78, 5) is 40.0. The van der Waals surface area contributed by atoms with Crippen molar-refractivity contribution in [2.45, 2.75) is 44.7 Å². The first kappa shape index (κ1) is 19.8. The topological polar surface area (TPSA) is 69.7 Å². The molecular formula is C19H23BrFN3O3. The van der Waals surface area contributed by atoms with Crippen molar-refractivity contribution >= 4 is 33.8 Å². The Morgan fingerprint density at radius 1 is 1.37 bits per heavy atom. The quantitative estimate of drug-likeness (QED) is 0.732. The maximum atomic E-state index is 13.9. The van der Waals surface area contributed by atoms with Crippen LogP contribution in [0.2, 0.25) is 0 Å². The Bertz CT molecular complexity index is 777. The van der Waals surface area contributed by atoms with E-state index >= 15 is 0 Å². The lowest BCUT2D eigenvalue weighted by Crippen LogP contribution is -2.50. The monoisotopic (exact) mass is 439 g/mol. The van der Waals surface area contributed by atoms with Gasteiger partial charge in [-0.05, 0) is 49.8 Å². The normalized spacial score (nSPS) is 25.0. The van der Waals surface area contributed by atoms with Gasteiger partial charge in [0.2, 0.25) is 5.91 Å². The molecule has 1 aliphatic heterocycles. The van der Waals surface area contributed by atoms with Crippen LogP contribution in [0.5, 0.6) is 0 Å². The number of hydrogen-bond donors (Lipinski definition) is 1. The highest BCUT2D eigenvalue weighted by molar-refractivity contribution is 9.10. The molecule has 1 saturated heterocycles. The molecule has 146 valence electrons. The molecule has 6 nitrogen and oxygen atoms in total. The Morgan fingerprint density at radius 3 is 2.70 bits per heavy atom. The largest absolute Gasteiger partial charge is 0.340 e. The molecule has 27 heavy (non-hydrogen) atoms. The van der Waals surface area contributed by atoms with Crippen LogP contribution >= 0.6 is 15.9 Å². The van der Waals surface area contributed by atoms with Crippen LogP contribution in [0.3, 0.4) is 0 Å². The molecule has 2 aliphatic rings. The number of benzene rings is 1. The van der Waals surface area contributed by atoms with Crippen LogP contribution < -0.4 is 5.32 Å². The smallest absolute Gasteiger partial charge is 0.325 e. The fourth-order valence-electron chi connectivity index (χ4n) is 3.68. The summed E-state index contributed by atoms with van der Waals surface area (Å²) < 4.78 is 14.6. The van der Waals surface area contributed by atoms with Gasteiger partial charge in [0.05, 0.1) is 0 Å². The summed E-state index contributed by atoms with van der Waals surface area (Å²) in [6, 6.07) is 3.98. The van der Waals surface area contributed by atoms with E-state index in [-0.39, 0.29) is 19.0 Å². The molecule has 8 heteroatoms. The minimum absolute atomic E-state index is 0.0520. The zero-order valence-corrected chi connectivity index (χ0v) is 17.0. The molecule has 2 fully saturated rings. The van der Waals surface area contributed by atoms with Crippen molar-refractivity contribution in [3.8, 4) is 0 Å². The van der Waals surface area contributed by atoms with Crippen molar-refractivity contribution in [2.24, 2.45) is 5.92 Å². The third-order valence-electron chi connectivity index (χ3n) is 5.51. The molecule has 3 rings (SSSR count). The fraction of sp³-hybridized carbons (Fsp3) is 0.526. The van der Waals surface area contributed by atoms with Crippen LogP contribution in [-0.4, -0.2) is 46.8 Å². The number of amides is 4. The summed E-state index contributed by atoms with van der Waals surface area (Å²) in [5.41, 5.74) is -0.506. The zero-order chi connectivity index (χ0) is 19.8. The molecule has 0 radical (unpaired) electrons. The average molecular weight is 440 g/mol. The van der Waals surface area contributed by atoms with Gasteiger partial charge in [0.1, 0.15) is 17.9 Å². The number of hydrogen-bond acceptors (Lipinski definition) is 3. The van der Waals surface area contributed by atoms with Crippen molar-refractivity contribution in [2.75, 3.05) is 13.6 Å². The maximum Gasteiger partial charge on any atom is 0.325 e. The third-order valence-corrected chi connectivity index (χ3v) is 6.00. The van der Waals surface area contributed by atoms with Crippen LogP contribution in [0, 0.1) is 11.7 Å². The van der Waals surface area contributed by atoms with E-state index in [1.54, 1.807) is 12.1 Å². The van der Waals surface area contributed by atoms with Gasteiger partial charge in [-0.15, -0.1) is 0 Å². The minimum Gasteiger partial charge on any atom is -0.340 e. The summed E-state index contributed by atoms with van der Waals surface area (Å²) in [6.07, 6.45) is 2.94. The summed E-state index contributed by atoms with van der Waals surface area (Å²) in [5, 5.41) is 2.80. The average Bonchev–Trinajstić information content (AvgIpc) is 2.85. The molecule has 1 aromatic rings. The molecule has 1 heterocycles.